The number of rotatable bonds is 3. The summed E-state index contributed by atoms with van der Waals surface area (Å²) in [6.07, 6.45) is 6.94. The molecule has 1 atom stereocenters. The molecule has 0 unspecified atom stereocenters. The number of ether oxygens (including phenoxy) is 1. The van der Waals surface area contributed by atoms with Crippen molar-refractivity contribution in [1.29, 1.82) is 0 Å². The molecule has 3 heterocycles. The molecule has 0 saturated carbocycles. The van der Waals surface area contributed by atoms with Crippen LogP contribution in [0.4, 0.5) is 0 Å². The van der Waals surface area contributed by atoms with Crippen molar-refractivity contribution in [2.45, 2.75) is 24.2 Å². The number of hydrogen-bond donors (Lipinski definition) is 0. The molecule has 5 heteroatoms. The van der Waals surface area contributed by atoms with Crippen LogP contribution in [0.2, 0.25) is 0 Å². The van der Waals surface area contributed by atoms with Gasteiger partial charge in [0.2, 0.25) is 5.91 Å². The standard InChI is InChI=1S/C15H20N2O2S/c18-14(10-20-13-2-6-16-7-3-13)17-8-1-4-15(11-17)5-9-19-12-15/h2-3,6-7H,1,4-5,8-12H2/t15-/m1/s1. The van der Waals surface area contributed by atoms with Gasteiger partial charge in [-0.2, -0.15) is 0 Å². The molecule has 1 aromatic heterocycles. The quantitative estimate of drug-likeness (QED) is 0.801. The lowest BCUT2D eigenvalue weighted by Crippen LogP contribution is -2.47. The van der Waals surface area contributed by atoms with Crippen LogP contribution in [-0.4, -0.2) is 47.8 Å². The van der Waals surface area contributed by atoms with Crippen LogP contribution in [0.25, 0.3) is 0 Å². The van der Waals surface area contributed by atoms with Crippen molar-refractivity contribution >= 4 is 17.7 Å². The number of piperidine rings is 1. The Morgan fingerprint density at radius 3 is 3.00 bits per heavy atom. The molecule has 0 bridgehead atoms. The molecule has 0 aliphatic carbocycles. The van der Waals surface area contributed by atoms with Crippen molar-refractivity contribution in [3.8, 4) is 0 Å². The summed E-state index contributed by atoms with van der Waals surface area (Å²) in [5.74, 6) is 0.763. The van der Waals surface area contributed by atoms with E-state index in [2.05, 4.69) is 4.98 Å². The van der Waals surface area contributed by atoms with Gasteiger partial charge in [0, 0.05) is 42.4 Å². The first-order chi connectivity index (χ1) is 9.77. The number of pyridine rings is 1. The highest BCUT2D eigenvalue weighted by Crippen LogP contribution is 2.37. The Bertz CT molecular complexity index is 460. The number of hydrogen-bond acceptors (Lipinski definition) is 4. The van der Waals surface area contributed by atoms with Gasteiger partial charge in [-0.3, -0.25) is 9.78 Å². The zero-order chi connectivity index (χ0) is 13.8. The second kappa shape index (κ2) is 6.14. The van der Waals surface area contributed by atoms with Gasteiger partial charge in [0.05, 0.1) is 12.4 Å². The van der Waals surface area contributed by atoms with Gasteiger partial charge in [-0.25, -0.2) is 0 Å². The van der Waals surface area contributed by atoms with E-state index in [9.17, 15) is 4.79 Å². The summed E-state index contributed by atoms with van der Waals surface area (Å²) in [6, 6.07) is 3.89. The van der Waals surface area contributed by atoms with Gasteiger partial charge in [-0.15, -0.1) is 11.8 Å². The fourth-order valence-electron chi connectivity index (χ4n) is 3.06. The molecule has 0 N–H and O–H groups in total. The Balaban J connectivity index is 1.54. The minimum absolute atomic E-state index is 0.245. The zero-order valence-corrected chi connectivity index (χ0v) is 12.4. The lowest BCUT2D eigenvalue weighted by atomic mass is 9.79. The van der Waals surface area contributed by atoms with Crippen LogP contribution in [0.3, 0.4) is 0 Å². The van der Waals surface area contributed by atoms with Gasteiger partial charge in [-0.1, -0.05) is 0 Å². The molecule has 0 radical (unpaired) electrons. The molecule has 3 rings (SSSR count). The number of amides is 1. The highest BCUT2D eigenvalue weighted by atomic mass is 32.2. The zero-order valence-electron chi connectivity index (χ0n) is 11.6. The van der Waals surface area contributed by atoms with Gasteiger partial charge < -0.3 is 9.64 Å². The number of likely N-dealkylation sites (tertiary alicyclic amines) is 1. The SMILES string of the molecule is O=C(CSc1ccncc1)N1CCC[C@@]2(CCOC2)C1. The van der Waals surface area contributed by atoms with E-state index in [-0.39, 0.29) is 11.3 Å². The Morgan fingerprint density at radius 1 is 1.40 bits per heavy atom. The summed E-state index contributed by atoms with van der Waals surface area (Å²) in [7, 11) is 0. The first-order valence-electron chi connectivity index (χ1n) is 7.16. The maximum absolute atomic E-state index is 12.4. The van der Waals surface area contributed by atoms with E-state index in [1.165, 1.54) is 6.42 Å². The van der Waals surface area contributed by atoms with Crippen LogP contribution in [-0.2, 0) is 9.53 Å². The average Bonchev–Trinajstić information content (AvgIpc) is 2.93. The molecule has 0 aromatic carbocycles. The molecule has 1 spiro atoms. The smallest absolute Gasteiger partial charge is 0.232 e. The van der Waals surface area contributed by atoms with Crippen molar-refractivity contribution < 1.29 is 9.53 Å². The van der Waals surface area contributed by atoms with Crippen LogP contribution < -0.4 is 0 Å². The first-order valence-corrected chi connectivity index (χ1v) is 8.14. The van der Waals surface area contributed by atoms with Crippen molar-refractivity contribution in [2.24, 2.45) is 5.41 Å². The van der Waals surface area contributed by atoms with Crippen LogP contribution in [0, 0.1) is 5.41 Å². The van der Waals surface area contributed by atoms with Gasteiger partial charge in [0.15, 0.2) is 0 Å². The number of aromatic nitrogens is 1. The number of carbonyl (C=O) groups excluding carboxylic acids is 1. The number of thioether (sulfide) groups is 1. The third kappa shape index (κ3) is 3.15. The van der Waals surface area contributed by atoms with Crippen LogP contribution in [0.15, 0.2) is 29.4 Å². The monoisotopic (exact) mass is 292 g/mol. The predicted molar refractivity (Wildman–Crippen MR) is 78.6 cm³/mol. The Morgan fingerprint density at radius 2 is 2.25 bits per heavy atom. The average molecular weight is 292 g/mol. The molecule has 20 heavy (non-hydrogen) atoms. The van der Waals surface area contributed by atoms with E-state index in [1.54, 1.807) is 24.2 Å². The third-order valence-corrected chi connectivity index (χ3v) is 5.21. The van der Waals surface area contributed by atoms with Crippen molar-refractivity contribution in [3.05, 3.63) is 24.5 Å². The summed E-state index contributed by atoms with van der Waals surface area (Å²) in [6.45, 7) is 3.46. The van der Waals surface area contributed by atoms with E-state index in [0.29, 0.717) is 5.75 Å². The molecule has 2 fully saturated rings. The summed E-state index contributed by atoms with van der Waals surface area (Å²) in [5.41, 5.74) is 0.245. The molecular weight excluding hydrogens is 272 g/mol. The van der Waals surface area contributed by atoms with Gasteiger partial charge in [-0.05, 0) is 31.4 Å². The number of nitrogens with zero attached hydrogens (tertiary/aromatic N) is 2. The molecular formula is C15H20N2O2S. The number of carbonyl (C=O) groups is 1. The van der Waals surface area contributed by atoms with E-state index in [0.717, 1.165) is 44.0 Å². The lowest BCUT2D eigenvalue weighted by Gasteiger charge is -2.39. The third-order valence-electron chi connectivity index (χ3n) is 4.21. The minimum Gasteiger partial charge on any atom is -0.381 e. The molecule has 108 valence electrons. The van der Waals surface area contributed by atoms with Gasteiger partial charge in [0.25, 0.3) is 0 Å². The van der Waals surface area contributed by atoms with Crippen LogP contribution in [0.1, 0.15) is 19.3 Å². The van der Waals surface area contributed by atoms with E-state index >= 15 is 0 Å². The van der Waals surface area contributed by atoms with Gasteiger partial charge >= 0.3 is 0 Å². The topological polar surface area (TPSA) is 42.4 Å². The second-order valence-electron chi connectivity index (χ2n) is 5.69. The summed E-state index contributed by atoms with van der Waals surface area (Å²) < 4.78 is 5.55. The molecule has 2 aliphatic rings. The molecule has 2 aliphatic heterocycles. The molecule has 1 amide bonds. The predicted octanol–water partition coefficient (Wildman–Crippen LogP) is 2.20. The summed E-state index contributed by atoms with van der Waals surface area (Å²) in [4.78, 5) is 19.5. The summed E-state index contributed by atoms with van der Waals surface area (Å²) >= 11 is 1.59. The lowest BCUT2D eigenvalue weighted by molar-refractivity contribution is -0.131. The van der Waals surface area contributed by atoms with E-state index < -0.39 is 0 Å². The van der Waals surface area contributed by atoms with E-state index in [1.807, 2.05) is 17.0 Å². The highest BCUT2D eigenvalue weighted by molar-refractivity contribution is 8.00. The molecule has 2 saturated heterocycles. The van der Waals surface area contributed by atoms with E-state index in [4.69, 9.17) is 4.74 Å². The highest BCUT2D eigenvalue weighted by Gasteiger charge is 2.40. The Labute approximate surface area is 123 Å². The van der Waals surface area contributed by atoms with Crippen LogP contribution in [0.5, 0.6) is 0 Å². The van der Waals surface area contributed by atoms with Crippen molar-refractivity contribution in [3.63, 3.8) is 0 Å². The molecule has 1 aromatic rings. The molecule has 4 nitrogen and oxygen atoms in total. The fraction of sp³-hybridized carbons (Fsp3) is 0.600. The van der Waals surface area contributed by atoms with Crippen molar-refractivity contribution in [2.75, 3.05) is 32.1 Å². The first kappa shape index (κ1) is 13.9. The summed E-state index contributed by atoms with van der Waals surface area (Å²) in [5, 5.41) is 0. The normalized spacial score (nSPS) is 26.1. The Kier molecular flexibility index (Phi) is 4.27. The fourth-order valence-corrected chi connectivity index (χ4v) is 3.85. The Hall–Kier alpha value is -1.07. The maximum Gasteiger partial charge on any atom is 0.232 e. The largest absolute Gasteiger partial charge is 0.381 e. The second-order valence-corrected chi connectivity index (χ2v) is 6.74. The van der Waals surface area contributed by atoms with Crippen molar-refractivity contribution in [1.82, 2.24) is 9.88 Å². The van der Waals surface area contributed by atoms with Gasteiger partial charge in [0.1, 0.15) is 0 Å². The van der Waals surface area contributed by atoms with Crippen LogP contribution >= 0.6 is 11.8 Å². The minimum atomic E-state index is 0.245. The maximum atomic E-state index is 12.4.